The third-order valence-corrected chi connectivity index (χ3v) is 3.28. The highest BCUT2D eigenvalue weighted by atomic mass is 79.9. The Hall–Kier alpha value is -1.03. The van der Waals surface area contributed by atoms with Crippen molar-refractivity contribution in [3.63, 3.8) is 0 Å². The average molecular weight is 299 g/mol. The molecular weight excluding hydrogens is 284 g/mol. The summed E-state index contributed by atoms with van der Waals surface area (Å²) in [5.41, 5.74) is 0.959. The Balaban J connectivity index is 2.16. The molecule has 0 saturated heterocycles. The van der Waals surface area contributed by atoms with E-state index < -0.39 is 11.9 Å². The van der Waals surface area contributed by atoms with Gasteiger partial charge in [0.25, 0.3) is 0 Å². The Morgan fingerprint density at radius 3 is 2.88 bits per heavy atom. The molecule has 1 aromatic rings. The van der Waals surface area contributed by atoms with Crippen LogP contribution < -0.4 is 4.74 Å². The molecule has 17 heavy (non-hydrogen) atoms. The molecule has 1 atom stereocenters. The van der Waals surface area contributed by atoms with Crippen LogP contribution in [0.2, 0.25) is 0 Å². The Morgan fingerprint density at radius 1 is 1.59 bits per heavy atom. The van der Waals surface area contributed by atoms with Crippen molar-refractivity contribution in [3.05, 3.63) is 28.2 Å². The summed E-state index contributed by atoms with van der Waals surface area (Å²) in [5.74, 6) is -0.350. The fraction of sp³-hybridized carbons (Fsp3) is 0.462. The Bertz CT molecular complexity index is 427. The van der Waals surface area contributed by atoms with Crippen LogP contribution in [0.15, 0.2) is 22.7 Å². The van der Waals surface area contributed by atoms with Gasteiger partial charge in [-0.2, -0.15) is 0 Å². The van der Waals surface area contributed by atoms with E-state index in [0.717, 1.165) is 28.6 Å². The molecule has 0 heterocycles. The van der Waals surface area contributed by atoms with E-state index in [1.165, 1.54) is 0 Å². The van der Waals surface area contributed by atoms with Crippen molar-refractivity contribution in [2.24, 2.45) is 5.92 Å². The van der Waals surface area contributed by atoms with Gasteiger partial charge in [-0.25, -0.2) is 0 Å². The molecule has 1 unspecified atom stereocenters. The maximum Gasteiger partial charge on any atom is 0.306 e. The number of ether oxygens (including phenoxy) is 1. The molecule has 3 nitrogen and oxygen atoms in total. The molecule has 1 fully saturated rings. The highest BCUT2D eigenvalue weighted by Crippen LogP contribution is 2.32. The second kappa shape index (κ2) is 5.08. The van der Waals surface area contributed by atoms with Crippen LogP contribution in [0, 0.1) is 5.92 Å². The largest absolute Gasteiger partial charge is 0.490 e. The number of carbonyl (C=O) groups is 1. The maximum absolute atomic E-state index is 10.9. The number of carboxylic acid groups (broad SMARTS) is 1. The van der Waals surface area contributed by atoms with Crippen LogP contribution in [-0.4, -0.2) is 17.2 Å². The van der Waals surface area contributed by atoms with Gasteiger partial charge in [0.15, 0.2) is 0 Å². The summed E-state index contributed by atoms with van der Waals surface area (Å²) >= 11 is 3.40. The van der Waals surface area contributed by atoms with Crippen LogP contribution in [-0.2, 0) is 11.2 Å². The van der Waals surface area contributed by atoms with Crippen LogP contribution in [0.3, 0.4) is 0 Å². The smallest absolute Gasteiger partial charge is 0.306 e. The second-order valence-electron chi connectivity index (χ2n) is 4.51. The summed E-state index contributed by atoms with van der Waals surface area (Å²) in [5, 5.41) is 8.95. The standard InChI is InChI=1S/C13H15BrO3/c1-8(13(15)16)6-9-7-10(14)2-5-12(9)17-11-3-4-11/h2,5,7-8,11H,3-4,6H2,1H3,(H,15,16). The third kappa shape index (κ3) is 3.46. The summed E-state index contributed by atoms with van der Waals surface area (Å²) in [4.78, 5) is 10.9. The van der Waals surface area contributed by atoms with Gasteiger partial charge in [0.2, 0.25) is 0 Å². The molecule has 4 heteroatoms. The molecule has 1 aliphatic carbocycles. The molecule has 0 aromatic heterocycles. The summed E-state index contributed by atoms with van der Waals surface area (Å²) in [6.45, 7) is 1.71. The Kier molecular flexibility index (Phi) is 3.72. The molecule has 0 aliphatic heterocycles. The normalized spacial score (nSPS) is 16.6. The van der Waals surface area contributed by atoms with E-state index >= 15 is 0 Å². The lowest BCUT2D eigenvalue weighted by molar-refractivity contribution is -0.141. The Labute approximate surface area is 109 Å². The lowest BCUT2D eigenvalue weighted by atomic mass is 10.0. The number of rotatable bonds is 5. The van der Waals surface area contributed by atoms with Crippen LogP contribution in [0.25, 0.3) is 0 Å². The van der Waals surface area contributed by atoms with Crippen molar-refractivity contribution in [1.82, 2.24) is 0 Å². The second-order valence-corrected chi connectivity index (χ2v) is 5.43. The molecule has 1 aliphatic rings. The molecule has 0 bridgehead atoms. The molecule has 92 valence electrons. The number of benzene rings is 1. The Morgan fingerprint density at radius 2 is 2.29 bits per heavy atom. The van der Waals surface area contributed by atoms with Crippen LogP contribution in [0.5, 0.6) is 5.75 Å². The molecule has 0 spiro atoms. The first kappa shape index (κ1) is 12.4. The van der Waals surface area contributed by atoms with Crippen molar-refractivity contribution in [3.8, 4) is 5.75 Å². The molecule has 0 amide bonds. The van der Waals surface area contributed by atoms with E-state index in [0.29, 0.717) is 12.5 Å². The van der Waals surface area contributed by atoms with E-state index in [-0.39, 0.29) is 0 Å². The van der Waals surface area contributed by atoms with E-state index in [1.54, 1.807) is 6.92 Å². The minimum atomic E-state index is -0.776. The van der Waals surface area contributed by atoms with Crippen molar-refractivity contribution in [1.29, 1.82) is 0 Å². The summed E-state index contributed by atoms with van der Waals surface area (Å²) in [6.07, 6.45) is 3.03. The number of carboxylic acids is 1. The van der Waals surface area contributed by atoms with Gasteiger partial charge in [0, 0.05) is 4.47 Å². The first-order valence-electron chi connectivity index (χ1n) is 5.74. The van der Waals surface area contributed by atoms with E-state index in [9.17, 15) is 4.79 Å². The zero-order chi connectivity index (χ0) is 12.4. The van der Waals surface area contributed by atoms with Crippen LogP contribution in [0.1, 0.15) is 25.3 Å². The summed E-state index contributed by atoms with van der Waals surface area (Å²) in [6, 6.07) is 5.77. The van der Waals surface area contributed by atoms with Crippen molar-refractivity contribution in [2.45, 2.75) is 32.3 Å². The lowest BCUT2D eigenvalue weighted by Gasteiger charge is -2.13. The van der Waals surface area contributed by atoms with E-state index in [2.05, 4.69) is 15.9 Å². The van der Waals surface area contributed by atoms with Gasteiger partial charge in [-0.1, -0.05) is 22.9 Å². The van der Waals surface area contributed by atoms with Crippen LogP contribution in [0.4, 0.5) is 0 Å². The fourth-order valence-corrected chi connectivity index (χ4v) is 2.01. The molecule has 1 N–H and O–H groups in total. The first-order valence-corrected chi connectivity index (χ1v) is 6.53. The molecule has 2 rings (SSSR count). The van der Waals surface area contributed by atoms with Crippen molar-refractivity contribution < 1.29 is 14.6 Å². The minimum absolute atomic E-state index is 0.329. The SMILES string of the molecule is CC(Cc1cc(Br)ccc1OC1CC1)C(=O)O. The molecule has 1 saturated carbocycles. The minimum Gasteiger partial charge on any atom is -0.490 e. The number of hydrogen-bond acceptors (Lipinski definition) is 2. The van der Waals surface area contributed by atoms with Gasteiger partial charge >= 0.3 is 5.97 Å². The number of halogens is 1. The topological polar surface area (TPSA) is 46.5 Å². The van der Waals surface area contributed by atoms with Gasteiger partial charge in [0.05, 0.1) is 12.0 Å². The van der Waals surface area contributed by atoms with Gasteiger partial charge < -0.3 is 9.84 Å². The predicted molar refractivity (Wildman–Crippen MR) is 68.3 cm³/mol. The summed E-state index contributed by atoms with van der Waals surface area (Å²) < 4.78 is 6.73. The van der Waals surface area contributed by atoms with Gasteiger partial charge in [-0.05, 0) is 43.0 Å². The monoisotopic (exact) mass is 298 g/mol. The van der Waals surface area contributed by atoms with E-state index in [1.807, 2.05) is 18.2 Å². The number of aliphatic carboxylic acids is 1. The molecular formula is C13H15BrO3. The predicted octanol–water partition coefficient (Wildman–Crippen LogP) is 3.25. The maximum atomic E-state index is 10.9. The average Bonchev–Trinajstić information content (AvgIpc) is 3.05. The van der Waals surface area contributed by atoms with Gasteiger partial charge in [-0.3, -0.25) is 4.79 Å². The zero-order valence-corrected chi connectivity index (χ0v) is 11.2. The highest BCUT2D eigenvalue weighted by Gasteiger charge is 2.25. The number of hydrogen-bond donors (Lipinski definition) is 1. The first-order chi connectivity index (χ1) is 8.06. The van der Waals surface area contributed by atoms with Crippen molar-refractivity contribution in [2.75, 3.05) is 0 Å². The zero-order valence-electron chi connectivity index (χ0n) is 9.65. The lowest BCUT2D eigenvalue weighted by Crippen LogP contribution is -2.13. The molecule has 0 radical (unpaired) electrons. The third-order valence-electron chi connectivity index (χ3n) is 2.79. The fourth-order valence-electron chi connectivity index (χ4n) is 1.61. The summed E-state index contributed by atoms with van der Waals surface area (Å²) in [7, 11) is 0. The molecule has 1 aromatic carbocycles. The van der Waals surface area contributed by atoms with Crippen LogP contribution >= 0.6 is 15.9 Å². The quantitative estimate of drug-likeness (QED) is 0.907. The highest BCUT2D eigenvalue weighted by molar-refractivity contribution is 9.10. The van der Waals surface area contributed by atoms with Crippen molar-refractivity contribution >= 4 is 21.9 Å². The van der Waals surface area contributed by atoms with E-state index in [4.69, 9.17) is 9.84 Å². The van der Waals surface area contributed by atoms with Gasteiger partial charge in [0.1, 0.15) is 5.75 Å². The van der Waals surface area contributed by atoms with Gasteiger partial charge in [-0.15, -0.1) is 0 Å².